The average Bonchev–Trinajstić information content (AvgIpc) is 2.71. The number of nitrogens with two attached hydrogens (primary N) is 1. The van der Waals surface area contributed by atoms with E-state index in [0.717, 1.165) is 5.56 Å². The summed E-state index contributed by atoms with van der Waals surface area (Å²) in [5.74, 6) is -0.374. The third kappa shape index (κ3) is 2.42. The zero-order chi connectivity index (χ0) is 12.4. The Balaban J connectivity index is 2.14. The van der Waals surface area contributed by atoms with Gasteiger partial charge in [-0.15, -0.1) is 0 Å². The van der Waals surface area contributed by atoms with Crippen molar-refractivity contribution >= 4 is 17.6 Å². The van der Waals surface area contributed by atoms with Crippen LogP contribution in [0.25, 0.3) is 0 Å². The summed E-state index contributed by atoms with van der Waals surface area (Å²) in [5, 5.41) is 0.665. The molecule has 0 amide bonds. The molecule has 5 nitrogen and oxygen atoms in total. The van der Waals surface area contributed by atoms with E-state index in [2.05, 4.69) is 15.6 Å². The average molecular weight is 256 g/mol. The Bertz CT molecular complexity index is 410. The summed E-state index contributed by atoms with van der Waals surface area (Å²) in [4.78, 5) is 11.4. The molecule has 1 aliphatic heterocycles. The van der Waals surface area contributed by atoms with Gasteiger partial charge in [-0.1, -0.05) is 23.7 Å². The molecule has 6 heteroatoms. The number of carbonyl (C=O) groups excluding carboxylic acids is 1. The second-order valence-corrected chi connectivity index (χ2v) is 4.33. The van der Waals surface area contributed by atoms with Gasteiger partial charge in [0, 0.05) is 5.02 Å². The first-order valence-electron chi connectivity index (χ1n) is 5.23. The van der Waals surface area contributed by atoms with Crippen LogP contribution in [-0.4, -0.2) is 25.2 Å². The van der Waals surface area contributed by atoms with Crippen LogP contribution in [0.2, 0.25) is 5.02 Å². The molecule has 1 heterocycles. The molecule has 0 radical (unpaired) electrons. The lowest BCUT2D eigenvalue weighted by Gasteiger charge is -2.17. The largest absolute Gasteiger partial charge is 0.468 e. The van der Waals surface area contributed by atoms with E-state index in [1.807, 2.05) is 12.1 Å². The van der Waals surface area contributed by atoms with Crippen LogP contribution in [0.5, 0.6) is 0 Å². The standard InChI is InChI=1S/C11H14ClN3O2/c1-17-11(16)10-8(13)9(14-15-10)6-2-4-7(12)5-3-6/h2-5,8-10,14-15H,13H2,1H3. The molecule has 3 unspecified atom stereocenters. The molecular weight excluding hydrogens is 242 g/mol. The third-order valence-electron chi connectivity index (χ3n) is 2.85. The van der Waals surface area contributed by atoms with Crippen LogP contribution in [0.3, 0.4) is 0 Å². The van der Waals surface area contributed by atoms with E-state index in [1.54, 1.807) is 12.1 Å². The van der Waals surface area contributed by atoms with E-state index in [9.17, 15) is 4.79 Å². The molecule has 0 saturated carbocycles. The first-order valence-corrected chi connectivity index (χ1v) is 5.61. The van der Waals surface area contributed by atoms with Gasteiger partial charge in [-0.2, -0.15) is 0 Å². The van der Waals surface area contributed by atoms with Gasteiger partial charge in [-0.3, -0.25) is 4.79 Å². The third-order valence-corrected chi connectivity index (χ3v) is 3.10. The smallest absolute Gasteiger partial charge is 0.325 e. The molecule has 0 spiro atoms. The Morgan fingerprint density at radius 1 is 1.35 bits per heavy atom. The number of hydrogen-bond donors (Lipinski definition) is 3. The number of hydrazine groups is 1. The number of rotatable bonds is 2. The molecular formula is C11H14ClN3O2. The normalized spacial score (nSPS) is 28.1. The number of benzene rings is 1. The van der Waals surface area contributed by atoms with E-state index in [-0.39, 0.29) is 18.1 Å². The second kappa shape index (κ2) is 5.01. The highest BCUT2D eigenvalue weighted by Crippen LogP contribution is 2.23. The van der Waals surface area contributed by atoms with Gasteiger partial charge >= 0.3 is 5.97 Å². The molecule has 0 aliphatic carbocycles. The van der Waals surface area contributed by atoms with Crippen molar-refractivity contribution in [3.8, 4) is 0 Å². The van der Waals surface area contributed by atoms with Gasteiger partial charge < -0.3 is 10.5 Å². The number of nitrogens with one attached hydrogen (secondary N) is 2. The molecule has 1 aromatic carbocycles. The predicted molar refractivity (Wildman–Crippen MR) is 64.2 cm³/mol. The number of carbonyl (C=O) groups is 1. The Hall–Kier alpha value is -1.14. The van der Waals surface area contributed by atoms with Crippen molar-refractivity contribution in [2.24, 2.45) is 5.73 Å². The summed E-state index contributed by atoms with van der Waals surface area (Å²) in [6.45, 7) is 0. The lowest BCUT2D eigenvalue weighted by molar-refractivity contribution is -0.143. The zero-order valence-electron chi connectivity index (χ0n) is 9.31. The monoisotopic (exact) mass is 255 g/mol. The van der Waals surface area contributed by atoms with Crippen LogP contribution in [0.1, 0.15) is 11.6 Å². The predicted octanol–water partition coefficient (Wildman–Crippen LogP) is 0.358. The fourth-order valence-corrected chi connectivity index (χ4v) is 2.01. The molecule has 1 aliphatic rings. The minimum absolute atomic E-state index is 0.142. The van der Waals surface area contributed by atoms with E-state index >= 15 is 0 Å². The lowest BCUT2D eigenvalue weighted by atomic mass is 9.97. The molecule has 92 valence electrons. The van der Waals surface area contributed by atoms with Crippen molar-refractivity contribution in [3.63, 3.8) is 0 Å². The molecule has 1 aromatic rings. The summed E-state index contributed by atoms with van der Waals surface area (Å²) in [6.07, 6.45) is 0. The van der Waals surface area contributed by atoms with Crippen LogP contribution in [-0.2, 0) is 9.53 Å². The number of hydrogen-bond acceptors (Lipinski definition) is 5. The van der Waals surface area contributed by atoms with Crippen molar-refractivity contribution in [2.75, 3.05) is 7.11 Å². The lowest BCUT2D eigenvalue weighted by Crippen LogP contribution is -2.45. The van der Waals surface area contributed by atoms with E-state index in [4.69, 9.17) is 17.3 Å². The maximum Gasteiger partial charge on any atom is 0.325 e. The minimum atomic E-state index is -0.541. The Morgan fingerprint density at radius 3 is 2.59 bits per heavy atom. The summed E-state index contributed by atoms with van der Waals surface area (Å²) in [6, 6.07) is 6.26. The number of ether oxygens (including phenoxy) is 1. The van der Waals surface area contributed by atoms with Gasteiger partial charge in [0.25, 0.3) is 0 Å². The van der Waals surface area contributed by atoms with E-state index < -0.39 is 6.04 Å². The molecule has 2 rings (SSSR count). The van der Waals surface area contributed by atoms with Gasteiger partial charge in [0.2, 0.25) is 0 Å². The quantitative estimate of drug-likeness (QED) is 0.665. The summed E-state index contributed by atoms with van der Waals surface area (Å²) >= 11 is 5.81. The summed E-state index contributed by atoms with van der Waals surface area (Å²) in [5.41, 5.74) is 12.8. The first-order chi connectivity index (χ1) is 8.13. The molecule has 3 atom stereocenters. The van der Waals surface area contributed by atoms with Gasteiger partial charge in [-0.05, 0) is 17.7 Å². The van der Waals surface area contributed by atoms with Gasteiger partial charge in [0.1, 0.15) is 6.04 Å². The van der Waals surface area contributed by atoms with Crippen molar-refractivity contribution in [1.29, 1.82) is 0 Å². The fraction of sp³-hybridized carbons (Fsp3) is 0.364. The number of esters is 1. The van der Waals surface area contributed by atoms with Crippen LogP contribution >= 0.6 is 11.6 Å². The van der Waals surface area contributed by atoms with Crippen LogP contribution in [0.4, 0.5) is 0 Å². The number of methoxy groups -OCH3 is 1. The first kappa shape index (κ1) is 12.3. The van der Waals surface area contributed by atoms with E-state index in [1.165, 1.54) is 7.11 Å². The highest BCUT2D eigenvalue weighted by Gasteiger charge is 2.38. The molecule has 4 N–H and O–H groups in total. The summed E-state index contributed by atoms with van der Waals surface area (Å²) < 4.78 is 4.67. The Kier molecular flexibility index (Phi) is 3.63. The second-order valence-electron chi connectivity index (χ2n) is 3.90. The number of halogens is 1. The SMILES string of the molecule is COC(=O)C1NNC(c2ccc(Cl)cc2)C1N. The van der Waals surface area contributed by atoms with E-state index in [0.29, 0.717) is 5.02 Å². The summed E-state index contributed by atoms with van der Waals surface area (Å²) in [7, 11) is 1.34. The fourth-order valence-electron chi connectivity index (χ4n) is 1.88. The Morgan fingerprint density at radius 2 is 2.00 bits per heavy atom. The highest BCUT2D eigenvalue weighted by molar-refractivity contribution is 6.30. The molecule has 0 aromatic heterocycles. The zero-order valence-corrected chi connectivity index (χ0v) is 10.1. The molecule has 1 saturated heterocycles. The maximum absolute atomic E-state index is 11.4. The Labute approximate surface area is 104 Å². The van der Waals surface area contributed by atoms with Crippen LogP contribution < -0.4 is 16.6 Å². The minimum Gasteiger partial charge on any atom is -0.468 e. The van der Waals surface area contributed by atoms with Gasteiger partial charge in [0.15, 0.2) is 0 Å². The molecule has 17 heavy (non-hydrogen) atoms. The van der Waals surface area contributed by atoms with Gasteiger partial charge in [0.05, 0.1) is 19.2 Å². The van der Waals surface area contributed by atoms with Crippen LogP contribution in [0.15, 0.2) is 24.3 Å². The maximum atomic E-state index is 11.4. The van der Waals surface area contributed by atoms with Crippen molar-refractivity contribution < 1.29 is 9.53 Å². The van der Waals surface area contributed by atoms with Crippen molar-refractivity contribution in [2.45, 2.75) is 18.1 Å². The molecule has 1 fully saturated rings. The van der Waals surface area contributed by atoms with Crippen molar-refractivity contribution in [3.05, 3.63) is 34.9 Å². The highest BCUT2D eigenvalue weighted by atomic mass is 35.5. The molecule has 0 bridgehead atoms. The van der Waals surface area contributed by atoms with Gasteiger partial charge in [-0.25, -0.2) is 10.9 Å². The topological polar surface area (TPSA) is 76.4 Å². The van der Waals surface area contributed by atoms with Crippen molar-refractivity contribution in [1.82, 2.24) is 10.9 Å². The van der Waals surface area contributed by atoms with Crippen LogP contribution in [0, 0.1) is 0 Å².